The lowest BCUT2D eigenvalue weighted by atomic mass is 10.0. The minimum atomic E-state index is -4.82. The second kappa shape index (κ2) is 5.28. The Labute approximate surface area is 124 Å². The van der Waals surface area contributed by atoms with Crippen LogP contribution in [0, 0.1) is 6.92 Å². The number of hydrogen-bond acceptors (Lipinski definition) is 3. The van der Waals surface area contributed by atoms with E-state index in [2.05, 4.69) is 0 Å². The molecule has 1 atom stereocenters. The van der Waals surface area contributed by atoms with Gasteiger partial charge in [0.1, 0.15) is 0 Å². The number of alkyl halides is 3. The molecule has 1 amide bonds. The number of carbonyl (C=O) groups is 2. The van der Waals surface area contributed by atoms with Crippen molar-refractivity contribution in [2.45, 2.75) is 25.1 Å². The molecule has 0 aliphatic carbocycles. The molecule has 2 N–H and O–H groups in total. The lowest BCUT2D eigenvalue weighted by Crippen LogP contribution is -2.48. The molecule has 1 aliphatic heterocycles. The smallest absolute Gasteiger partial charge is 0.419 e. The van der Waals surface area contributed by atoms with Crippen LogP contribution in [-0.4, -0.2) is 51.9 Å². The van der Waals surface area contributed by atoms with E-state index in [1.54, 1.807) is 6.92 Å². The van der Waals surface area contributed by atoms with Gasteiger partial charge in [-0.25, -0.2) is 4.79 Å². The maximum atomic E-state index is 12.8. The quantitative estimate of drug-likeness (QED) is 0.872. The monoisotopic (exact) mass is 317 g/mol. The molecule has 22 heavy (non-hydrogen) atoms. The average Bonchev–Trinajstić information content (AvgIpc) is 2.80. The minimum Gasteiger partial charge on any atom is -0.478 e. The third-order valence-electron chi connectivity index (χ3n) is 3.63. The third-order valence-corrected chi connectivity index (χ3v) is 3.63. The summed E-state index contributed by atoms with van der Waals surface area (Å²) < 4.78 is 38.3. The highest BCUT2D eigenvalue weighted by Crippen LogP contribution is 2.38. The molecule has 8 heteroatoms. The number of benzene rings is 1. The van der Waals surface area contributed by atoms with Crippen LogP contribution in [0.4, 0.5) is 13.2 Å². The van der Waals surface area contributed by atoms with Gasteiger partial charge < -0.3 is 15.1 Å². The summed E-state index contributed by atoms with van der Waals surface area (Å²) in [5, 5.41) is 18.5. The van der Waals surface area contributed by atoms with Gasteiger partial charge in [-0.15, -0.1) is 0 Å². The lowest BCUT2D eigenvalue weighted by Gasteiger charge is -2.26. The molecule has 1 fully saturated rings. The van der Waals surface area contributed by atoms with Crippen LogP contribution in [0.3, 0.4) is 0 Å². The molecule has 0 aromatic heterocycles. The Morgan fingerprint density at radius 3 is 2.32 bits per heavy atom. The highest BCUT2D eigenvalue weighted by atomic mass is 19.4. The molecule has 1 unspecified atom stereocenters. The van der Waals surface area contributed by atoms with E-state index in [-0.39, 0.29) is 17.7 Å². The van der Waals surface area contributed by atoms with Crippen LogP contribution in [0.5, 0.6) is 0 Å². The number of likely N-dealkylation sites (tertiary alicyclic amines) is 1. The zero-order chi connectivity index (χ0) is 16.7. The van der Waals surface area contributed by atoms with E-state index in [0.717, 1.165) is 11.0 Å². The number of carbonyl (C=O) groups excluding carboxylic acids is 1. The summed E-state index contributed by atoms with van der Waals surface area (Å²) in [6.45, 7) is 0.482. The number of aryl methyl sites for hydroxylation is 1. The molecule has 1 aromatic carbocycles. The van der Waals surface area contributed by atoms with E-state index in [4.69, 9.17) is 5.11 Å². The summed E-state index contributed by atoms with van der Waals surface area (Å²) in [5.74, 6) is -1.96. The van der Waals surface area contributed by atoms with E-state index >= 15 is 0 Å². The van der Waals surface area contributed by atoms with E-state index in [0.29, 0.717) is 5.56 Å². The number of hydrogen-bond donors (Lipinski definition) is 2. The number of β-amino-alcohol motifs (C(OH)–C–C–N with tert-alkyl or cyclic N) is 1. The SMILES string of the molecule is Cc1cc(C(=O)O)cc(C(=O)N2CCC(O)(C(F)(F)F)C2)c1. The van der Waals surface area contributed by atoms with Gasteiger partial charge in [0.25, 0.3) is 5.91 Å². The topological polar surface area (TPSA) is 77.8 Å². The minimum absolute atomic E-state index is 0.0103. The third kappa shape index (κ3) is 2.92. The fourth-order valence-corrected chi connectivity index (χ4v) is 2.41. The van der Waals surface area contributed by atoms with Crippen molar-refractivity contribution >= 4 is 11.9 Å². The standard InChI is InChI=1S/C14H14F3NO4/c1-8-4-9(6-10(5-8)12(20)21)11(19)18-3-2-13(22,7-18)14(15,16)17/h4-6,22H,2-3,7H2,1H3,(H,20,21). The van der Waals surface area contributed by atoms with Gasteiger partial charge in [-0.1, -0.05) is 0 Å². The Bertz CT molecular complexity index is 629. The number of aliphatic hydroxyl groups is 1. The molecule has 2 rings (SSSR count). The Kier molecular flexibility index (Phi) is 3.90. The van der Waals surface area contributed by atoms with Gasteiger partial charge >= 0.3 is 12.1 Å². The summed E-state index contributed by atoms with van der Waals surface area (Å²) >= 11 is 0. The summed E-state index contributed by atoms with van der Waals surface area (Å²) in [7, 11) is 0. The molecular weight excluding hydrogens is 303 g/mol. The molecule has 1 aliphatic rings. The summed E-state index contributed by atoms with van der Waals surface area (Å²) in [5.41, 5.74) is -2.53. The molecule has 5 nitrogen and oxygen atoms in total. The van der Waals surface area contributed by atoms with Gasteiger partial charge in [0.15, 0.2) is 5.60 Å². The first-order valence-corrected chi connectivity index (χ1v) is 6.47. The van der Waals surface area contributed by atoms with E-state index in [1.807, 2.05) is 0 Å². The molecule has 120 valence electrons. The number of carboxylic acids is 1. The Morgan fingerprint density at radius 1 is 1.23 bits per heavy atom. The first-order chi connectivity index (χ1) is 10.0. The molecule has 0 bridgehead atoms. The first kappa shape index (κ1) is 16.3. The van der Waals surface area contributed by atoms with E-state index in [1.165, 1.54) is 12.1 Å². The number of carboxylic acid groups (broad SMARTS) is 1. The Morgan fingerprint density at radius 2 is 1.82 bits per heavy atom. The van der Waals surface area contributed by atoms with Crippen LogP contribution in [0.2, 0.25) is 0 Å². The first-order valence-electron chi connectivity index (χ1n) is 6.47. The number of rotatable bonds is 2. The average molecular weight is 317 g/mol. The number of aromatic carboxylic acids is 1. The van der Waals surface area contributed by atoms with E-state index < -0.39 is 36.6 Å². The molecule has 1 heterocycles. The maximum Gasteiger partial charge on any atom is 0.419 e. The van der Waals surface area contributed by atoms with Crippen LogP contribution < -0.4 is 0 Å². The number of amides is 1. The van der Waals surface area contributed by atoms with Gasteiger partial charge in [0.05, 0.1) is 12.1 Å². The second-order valence-electron chi connectivity index (χ2n) is 5.40. The van der Waals surface area contributed by atoms with Crippen molar-refractivity contribution in [3.8, 4) is 0 Å². The van der Waals surface area contributed by atoms with Gasteiger partial charge in [-0.3, -0.25) is 4.79 Å². The maximum absolute atomic E-state index is 12.8. The molecule has 0 radical (unpaired) electrons. The van der Waals surface area contributed by atoms with Crippen molar-refractivity contribution in [1.29, 1.82) is 0 Å². The van der Waals surface area contributed by atoms with Crippen molar-refractivity contribution < 1.29 is 33.0 Å². The summed E-state index contributed by atoms with van der Waals surface area (Å²) in [6.07, 6.45) is -5.42. The normalized spacial score (nSPS) is 22.0. The van der Waals surface area contributed by atoms with Gasteiger partial charge in [-0.2, -0.15) is 13.2 Å². The van der Waals surface area contributed by atoms with E-state index in [9.17, 15) is 27.9 Å². The zero-order valence-electron chi connectivity index (χ0n) is 11.6. The van der Waals surface area contributed by atoms with Crippen LogP contribution >= 0.6 is 0 Å². The van der Waals surface area contributed by atoms with Crippen molar-refractivity contribution in [3.63, 3.8) is 0 Å². The fourth-order valence-electron chi connectivity index (χ4n) is 2.41. The highest BCUT2D eigenvalue weighted by Gasteiger charge is 2.57. The lowest BCUT2D eigenvalue weighted by molar-refractivity contribution is -0.253. The van der Waals surface area contributed by atoms with Crippen LogP contribution in [0.25, 0.3) is 0 Å². The van der Waals surface area contributed by atoms with Gasteiger partial charge in [0, 0.05) is 18.5 Å². The Balaban J connectivity index is 2.25. The largest absolute Gasteiger partial charge is 0.478 e. The zero-order valence-corrected chi connectivity index (χ0v) is 11.6. The van der Waals surface area contributed by atoms with Crippen LogP contribution in [0.15, 0.2) is 18.2 Å². The Hall–Kier alpha value is -2.09. The molecule has 1 saturated heterocycles. The predicted molar refractivity (Wildman–Crippen MR) is 69.7 cm³/mol. The van der Waals surface area contributed by atoms with Crippen LogP contribution in [0.1, 0.15) is 32.7 Å². The van der Waals surface area contributed by atoms with Crippen molar-refractivity contribution in [2.75, 3.05) is 13.1 Å². The number of nitrogens with zero attached hydrogens (tertiary/aromatic N) is 1. The molecular formula is C14H14F3NO4. The summed E-state index contributed by atoms with van der Waals surface area (Å²) in [6, 6.07) is 3.87. The van der Waals surface area contributed by atoms with Gasteiger partial charge in [-0.05, 0) is 30.7 Å². The van der Waals surface area contributed by atoms with Crippen molar-refractivity contribution in [1.82, 2.24) is 4.90 Å². The molecule has 0 saturated carbocycles. The van der Waals surface area contributed by atoms with Gasteiger partial charge in [0.2, 0.25) is 0 Å². The fraction of sp³-hybridized carbons (Fsp3) is 0.429. The number of halogens is 3. The van der Waals surface area contributed by atoms with Crippen LogP contribution in [-0.2, 0) is 0 Å². The second-order valence-corrected chi connectivity index (χ2v) is 5.40. The van der Waals surface area contributed by atoms with Crippen molar-refractivity contribution in [3.05, 3.63) is 34.9 Å². The summed E-state index contributed by atoms with van der Waals surface area (Å²) in [4.78, 5) is 24.1. The van der Waals surface area contributed by atoms with Crippen molar-refractivity contribution in [2.24, 2.45) is 0 Å². The molecule has 0 spiro atoms. The highest BCUT2D eigenvalue weighted by molar-refractivity contribution is 5.98. The predicted octanol–water partition coefficient (Wildman–Crippen LogP) is 1.83. The molecule has 1 aromatic rings.